The van der Waals surface area contributed by atoms with E-state index < -0.39 is 0 Å². The van der Waals surface area contributed by atoms with E-state index >= 15 is 0 Å². The van der Waals surface area contributed by atoms with E-state index in [9.17, 15) is 4.79 Å². The highest BCUT2D eigenvalue weighted by molar-refractivity contribution is 5.79. The maximum Gasteiger partial charge on any atom is 0.227 e. The minimum atomic E-state index is -0.0107. The minimum Gasteiger partial charge on any atom is -0.341 e. The molecule has 1 aliphatic rings. The largest absolute Gasteiger partial charge is 0.341 e. The Bertz CT molecular complexity index is 230. The van der Waals surface area contributed by atoms with Gasteiger partial charge in [0.25, 0.3) is 0 Å². The van der Waals surface area contributed by atoms with Gasteiger partial charge in [-0.05, 0) is 25.9 Å². The topological polar surface area (TPSA) is 49.6 Å². The van der Waals surface area contributed by atoms with Crippen LogP contribution in [-0.2, 0) is 4.79 Å². The third-order valence-corrected chi connectivity index (χ3v) is 3.41. The summed E-state index contributed by atoms with van der Waals surface area (Å²) in [5.41, 5.74) is 5.69. The standard InChI is InChI=1S/C12H25N3O/c1-10(2)11(9-13)12(16)15-6-4-5-14(3)7-8-15/h10-11H,4-9,13H2,1-3H3. The Kier molecular flexibility index (Phi) is 5.22. The summed E-state index contributed by atoms with van der Waals surface area (Å²) in [7, 11) is 2.11. The summed E-state index contributed by atoms with van der Waals surface area (Å²) in [5.74, 6) is 0.565. The van der Waals surface area contributed by atoms with E-state index in [0.29, 0.717) is 12.5 Å². The van der Waals surface area contributed by atoms with Crippen molar-refractivity contribution in [2.24, 2.45) is 17.6 Å². The van der Waals surface area contributed by atoms with Gasteiger partial charge in [-0.1, -0.05) is 13.8 Å². The number of nitrogens with zero attached hydrogens (tertiary/aromatic N) is 2. The molecule has 0 spiro atoms. The fourth-order valence-corrected chi connectivity index (χ4v) is 2.16. The van der Waals surface area contributed by atoms with Crippen LogP contribution in [0, 0.1) is 11.8 Å². The second kappa shape index (κ2) is 6.21. The third-order valence-electron chi connectivity index (χ3n) is 3.41. The van der Waals surface area contributed by atoms with E-state index in [2.05, 4.69) is 25.8 Å². The van der Waals surface area contributed by atoms with Crippen molar-refractivity contribution in [1.29, 1.82) is 0 Å². The maximum absolute atomic E-state index is 12.3. The van der Waals surface area contributed by atoms with Gasteiger partial charge in [0.2, 0.25) is 5.91 Å². The summed E-state index contributed by atoms with van der Waals surface area (Å²) in [6, 6.07) is 0. The summed E-state index contributed by atoms with van der Waals surface area (Å²) in [5, 5.41) is 0. The van der Waals surface area contributed by atoms with Gasteiger partial charge in [-0.3, -0.25) is 4.79 Å². The number of hydrogen-bond acceptors (Lipinski definition) is 3. The minimum absolute atomic E-state index is 0.0107. The lowest BCUT2D eigenvalue weighted by atomic mass is 9.94. The van der Waals surface area contributed by atoms with E-state index in [-0.39, 0.29) is 11.8 Å². The number of rotatable bonds is 3. The van der Waals surface area contributed by atoms with E-state index in [1.165, 1.54) is 0 Å². The van der Waals surface area contributed by atoms with Crippen molar-refractivity contribution in [1.82, 2.24) is 9.80 Å². The molecular weight excluding hydrogens is 202 g/mol. The highest BCUT2D eigenvalue weighted by Crippen LogP contribution is 2.14. The van der Waals surface area contributed by atoms with Gasteiger partial charge in [-0.15, -0.1) is 0 Å². The predicted molar refractivity (Wildman–Crippen MR) is 66.1 cm³/mol. The van der Waals surface area contributed by atoms with Crippen molar-refractivity contribution in [3.63, 3.8) is 0 Å². The van der Waals surface area contributed by atoms with Crippen LogP contribution < -0.4 is 5.73 Å². The fourth-order valence-electron chi connectivity index (χ4n) is 2.16. The van der Waals surface area contributed by atoms with Crippen LogP contribution in [0.3, 0.4) is 0 Å². The molecule has 1 fully saturated rings. The molecule has 1 rings (SSSR count). The van der Waals surface area contributed by atoms with Gasteiger partial charge in [0.15, 0.2) is 0 Å². The second-order valence-corrected chi connectivity index (χ2v) is 5.07. The van der Waals surface area contributed by atoms with E-state index in [1.807, 2.05) is 4.90 Å². The van der Waals surface area contributed by atoms with Crippen LogP contribution in [-0.4, -0.2) is 55.5 Å². The summed E-state index contributed by atoms with van der Waals surface area (Å²) in [6.07, 6.45) is 1.07. The summed E-state index contributed by atoms with van der Waals surface area (Å²) < 4.78 is 0. The Morgan fingerprint density at radius 2 is 1.94 bits per heavy atom. The number of nitrogens with two attached hydrogens (primary N) is 1. The quantitative estimate of drug-likeness (QED) is 0.758. The van der Waals surface area contributed by atoms with Crippen molar-refractivity contribution in [3.8, 4) is 0 Å². The van der Waals surface area contributed by atoms with Crippen LogP contribution in [0.25, 0.3) is 0 Å². The Balaban J connectivity index is 2.58. The Hall–Kier alpha value is -0.610. The molecule has 0 aromatic heterocycles. The van der Waals surface area contributed by atoms with E-state index in [4.69, 9.17) is 5.73 Å². The predicted octanol–water partition coefficient (Wildman–Crippen LogP) is 0.381. The SMILES string of the molecule is CC(C)C(CN)C(=O)N1CCCN(C)CC1. The van der Waals surface area contributed by atoms with Crippen molar-refractivity contribution < 1.29 is 4.79 Å². The molecule has 0 saturated carbocycles. The highest BCUT2D eigenvalue weighted by atomic mass is 16.2. The van der Waals surface area contributed by atoms with Gasteiger partial charge in [-0.25, -0.2) is 0 Å². The molecule has 0 aromatic rings. The zero-order valence-corrected chi connectivity index (χ0v) is 10.8. The van der Waals surface area contributed by atoms with Crippen LogP contribution in [0.5, 0.6) is 0 Å². The molecule has 4 heteroatoms. The van der Waals surface area contributed by atoms with Crippen LogP contribution in [0.2, 0.25) is 0 Å². The van der Waals surface area contributed by atoms with Crippen molar-refractivity contribution in [3.05, 3.63) is 0 Å². The van der Waals surface area contributed by atoms with Crippen LogP contribution >= 0.6 is 0 Å². The van der Waals surface area contributed by atoms with E-state index in [1.54, 1.807) is 0 Å². The molecule has 94 valence electrons. The normalized spacial score (nSPS) is 20.9. The molecule has 16 heavy (non-hydrogen) atoms. The number of carbonyl (C=O) groups is 1. The van der Waals surface area contributed by atoms with E-state index in [0.717, 1.165) is 32.6 Å². The van der Waals surface area contributed by atoms with Crippen LogP contribution in [0.4, 0.5) is 0 Å². The monoisotopic (exact) mass is 227 g/mol. The van der Waals surface area contributed by atoms with Gasteiger partial charge >= 0.3 is 0 Å². The van der Waals surface area contributed by atoms with Crippen molar-refractivity contribution >= 4 is 5.91 Å². The number of likely N-dealkylation sites (N-methyl/N-ethyl adjacent to an activating group) is 1. The second-order valence-electron chi connectivity index (χ2n) is 5.07. The van der Waals surface area contributed by atoms with Gasteiger partial charge < -0.3 is 15.5 Å². The lowest BCUT2D eigenvalue weighted by molar-refractivity contribution is -0.136. The van der Waals surface area contributed by atoms with Gasteiger partial charge in [-0.2, -0.15) is 0 Å². The van der Waals surface area contributed by atoms with Gasteiger partial charge in [0, 0.05) is 26.2 Å². The molecule has 0 aromatic carbocycles. The molecule has 0 aliphatic carbocycles. The average Bonchev–Trinajstić information content (AvgIpc) is 2.43. The lowest BCUT2D eigenvalue weighted by Crippen LogP contribution is -2.43. The highest BCUT2D eigenvalue weighted by Gasteiger charge is 2.26. The molecule has 4 nitrogen and oxygen atoms in total. The molecule has 2 N–H and O–H groups in total. The van der Waals surface area contributed by atoms with Crippen molar-refractivity contribution in [2.45, 2.75) is 20.3 Å². The smallest absolute Gasteiger partial charge is 0.227 e. The molecule has 1 unspecified atom stereocenters. The van der Waals surface area contributed by atoms with Crippen molar-refractivity contribution in [2.75, 3.05) is 39.8 Å². The molecule has 1 heterocycles. The fraction of sp³-hybridized carbons (Fsp3) is 0.917. The first-order valence-electron chi connectivity index (χ1n) is 6.23. The summed E-state index contributed by atoms with van der Waals surface area (Å²) in [4.78, 5) is 16.5. The Labute approximate surface area is 98.8 Å². The summed E-state index contributed by atoms with van der Waals surface area (Å²) in [6.45, 7) is 8.38. The number of amides is 1. The third kappa shape index (κ3) is 3.46. The first-order chi connectivity index (χ1) is 7.56. The Morgan fingerprint density at radius 1 is 1.25 bits per heavy atom. The molecule has 1 aliphatic heterocycles. The van der Waals surface area contributed by atoms with Crippen LogP contribution in [0.15, 0.2) is 0 Å². The molecular formula is C12H25N3O. The maximum atomic E-state index is 12.3. The average molecular weight is 227 g/mol. The molecule has 0 radical (unpaired) electrons. The zero-order chi connectivity index (χ0) is 12.1. The zero-order valence-electron chi connectivity index (χ0n) is 10.8. The lowest BCUT2D eigenvalue weighted by Gasteiger charge is -2.27. The number of hydrogen-bond donors (Lipinski definition) is 1. The van der Waals surface area contributed by atoms with Crippen LogP contribution in [0.1, 0.15) is 20.3 Å². The van der Waals surface area contributed by atoms with Gasteiger partial charge in [0.1, 0.15) is 0 Å². The number of carbonyl (C=O) groups excluding carboxylic acids is 1. The molecule has 1 atom stereocenters. The first-order valence-corrected chi connectivity index (χ1v) is 6.23. The molecule has 1 saturated heterocycles. The first kappa shape index (κ1) is 13.5. The van der Waals surface area contributed by atoms with Gasteiger partial charge in [0.05, 0.1) is 5.92 Å². The Morgan fingerprint density at radius 3 is 2.50 bits per heavy atom. The molecule has 0 bridgehead atoms. The summed E-state index contributed by atoms with van der Waals surface area (Å²) >= 11 is 0. The molecule has 1 amide bonds.